The van der Waals surface area contributed by atoms with Gasteiger partial charge in [0.2, 0.25) is 10.0 Å². The van der Waals surface area contributed by atoms with Crippen LogP contribution in [0.25, 0.3) is 0 Å². The predicted octanol–water partition coefficient (Wildman–Crippen LogP) is 1.66. The van der Waals surface area contributed by atoms with Crippen molar-refractivity contribution in [1.29, 1.82) is 0 Å². The van der Waals surface area contributed by atoms with Gasteiger partial charge in [-0.2, -0.15) is 0 Å². The summed E-state index contributed by atoms with van der Waals surface area (Å²) in [4.78, 5) is 0. The zero-order chi connectivity index (χ0) is 15.2. The lowest BCUT2D eigenvalue weighted by atomic mass is 10.1. The van der Waals surface area contributed by atoms with Crippen LogP contribution in [0.5, 0.6) is 5.75 Å². The van der Waals surface area contributed by atoms with Crippen LogP contribution in [-0.2, 0) is 10.0 Å². The molecule has 0 saturated heterocycles. The van der Waals surface area contributed by atoms with Crippen LogP contribution < -0.4 is 15.2 Å². The molecule has 114 valence electrons. The number of nitrogens with one attached hydrogen (secondary N) is 1. The summed E-state index contributed by atoms with van der Waals surface area (Å²) in [5.41, 5.74) is 1.08. The molecule has 0 spiro atoms. The molecule has 1 unspecified atom stereocenters. The molecule has 1 aromatic carbocycles. The molecular formula is C14H24N2O3S. The second kappa shape index (κ2) is 7.61. The maximum absolute atomic E-state index is 10.8. The van der Waals surface area contributed by atoms with Gasteiger partial charge in [0, 0.05) is 12.6 Å². The molecule has 0 bridgehead atoms. The molecule has 0 heterocycles. The number of rotatable bonds is 8. The average Bonchev–Trinajstić information content (AvgIpc) is 2.35. The first-order chi connectivity index (χ1) is 9.28. The number of hydrogen-bond acceptors (Lipinski definition) is 4. The van der Waals surface area contributed by atoms with E-state index in [9.17, 15) is 8.42 Å². The predicted molar refractivity (Wildman–Crippen MR) is 81.2 cm³/mol. The van der Waals surface area contributed by atoms with Gasteiger partial charge < -0.3 is 10.1 Å². The van der Waals surface area contributed by atoms with Gasteiger partial charge in [-0.3, -0.25) is 0 Å². The maximum atomic E-state index is 10.8. The number of nitrogens with two attached hydrogens (primary N) is 1. The second-order valence-electron chi connectivity index (χ2n) is 5.32. The van der Waals surface area contributed by atoms with Gasteiger partial charge in [0.1, 0.15) is 5.75 Å². The molecule has 0 saturated carbocycles. The van der Waals surface area contributed by atoms with Gasteiger partial charge in [-0.1, -0.05) is 26.0 Å². The summed E-state index contributed by atoms with van der Waals surface area (Å²) in [7, 11) is -3.41. The normalized spacial score (nSPS) is 13.4. The third-order valence-electron chi connectivity index (χ3n) is 2.80. The number of ether oxygens (including phenoxy) is 1. The van der Waals surface area contributed by atoms with Crippen molar-refractivity contribution in [2.75, 3.05) is 18.9 Å². The molecule has 3 N–H and O–H groups in total. The molecule has 1 rings (SSSR count). The van der Waals surface area contributed by atoms with E-state index in [1.54, 1.807) is 0 Å². The lowest BCUT2D eigenvalue weighted by Gasteiger charge is -2.15. The second-order valence-corrected chi connectivity index (χ2v) is 7.05. The van der Waals surface area contributed by atoms with Crippen molar-refractivity contribution in [3.8, 4) is 5.75 Å². The molecule has 0 radical (unpaired) electrons. The molecule has 0 aliphatic heterocycles. The summed E-state index contributed by atoms with van der Waals surface area (Å²) in [6.45, 7) is 7.22. The van der Waals surface area contributed by atoms with E-state index >= 15 is 0 Å². The van der Waals surface area contributed by atoms with Crippen LogP contribution in [0.1, 0.15) is 32.4 Å². The lowest BCUT2D eigenvalue weighted by Crippen LogP contribution is -2.28. The smallest absolute Gasteiger partial charge is 0.210 e. The van der Waals surface area contributed by atoms with Crippen molar-refractivity contribution >= 4 is 10.0 Å². The summed E-state index contributed by atoms with van der Waals surface area (Å²) in [5, 5.41) is 8.08. The summed E-state index contributed by atoms with van der Waals surface area (Å²) >= 11 is 0. The monoisotopic (exact) mass is 300 g/mol. The van der Waals surface area contributed by atoms with E-state index < -0.39 is 10.0 Å². The van der Waals surface area contributed by atoms with E-state index in [1.165, 1.54) is 0 Å². The topological polar surface area (TPSA) is 81.4 Å². The van der Waals surface area contributed by atoms with Gasteiger partial charge in [-0.05, 0) is 30.5 Å². The van der Waals surface area contributed by atoms with Crippen molar-refractivity contribution in [2.45, 2.75) is 26.8 Å². The minimum atomic E-state index is -3.41. The molecule has 0 aliphatic carbocycles. The van der Waals surface area contributed by atoms with Crippen molar-refractivity contribution in [2.24, 2.45) is 11.1 Å². The van der Waals surface area contributed by atoms with Gasteiger partial charge in [0.15, 0.2) is 0 Å². The first kappa shape index (κ1) is 16.9. The van der Waals surface area contributed by atoms with Gasteiger partial charge in [-0.25, -0.2) is 13.6 Å². The Morgan fingerprint density at radius 2 is 1.80 bits per heavy atom. The van der Waals surface area contributed by atoms with Crippen molar-refractivity contribution in [3.63, 3.8) is 0 Å². The minimum absolute atomic E-state index is 0.0626. The van der Waals surface area contributed by atoms with E-state index in [2.05, 4.69) is 19.2 Å². The highest BCUT2D eigenvalue weighted by atomic mass is 32.2. The zero-order valence-electron chi connectivity index (χ0n) is 12.3. The van der Waals surface area contributed by atoms with Crippen LogP contribution in [0.15, 0.2) is 24.3 Å². The standard InChI is InChI=1S/C14H24N2O3S/c1-11(2)10-19-14-6-4-13(5-7-14)12(3)16-8-9-20(15,17)18/h4-7,11-12,16H,8-10H2,1-3H3,(H2,15,17,18). The number of sulfonamides is 1. The Morgan fingerprint density at radius 1 is 1.20 bits per heavy atom. The van der Waals surface area contributed by atoms with Crippen LogP contribution in [0.4, 0.5) is 0 Å². The van der Waals surface area contributed by atoms with Gasteiger partial charge in [0.05, 0.1) is 12.4 Å². The molecule has 0 aliphatic rings. The first-order valence-electron chi connectivity index (χ1n) is 6.74. The van der Waals surface area contributed by atoms with Gasteiger partial charge in [-0.15, -0.1) is 0 Å². The Labute approximate surface area is 121 Å². The largest absolute Gasteiger partial charge is 0.493 e. The number of hydrogen-bond donors (Lipinski definition) is 2. The zero-order valence-corrected chi connectivity index (χ0v) is 13.1. The molecule has 1 aromatic rings. The van der Waals surface area contributed by atoms with Crippen LogP contribution in [0.3, 0.4) is 0 Å². The lowest BCUT2D eigenvalue weighted by molar-refractivity contribution is 0.271. The van der Waals surface area contributed by atoms with E-state index in [0.717, 1.165) is 11.3 Å². The van der Waals surface area contributed by atoms with Crippen LogP contribution in [-0.4, -0.2) is 27.3 Å². The van der Waals surface area contributed by atoms with E-state index in [-0.39, 0.29) is 11.8 Å². The minimum Gasteiger partial charge on any atom is -0.493 e. The SMILES string of the molecule is CC(C)COc1ccc(C(C)NCCS(N)(=O)=O)cc1. The Hall–Kier alpha value is -1.11. The van der Waals surface area contributed by atoms with Crippen molar-refractivity contribution in [3.05, 3.63) is 29.8 Å². The molecule has 0 aromatic heterocycles. The third kappa shape index (κ3) is 6.88. The third-order valence-corrected chi connectivity index (χ3v) is 3.57. The number of primary sulfonamides is 1. The summed E-state index contributed by atoms with van der Waals surface area (Å²) in [5.74, 6) is 1.28. The molecular weight excluding hydrogens is 276 g/mol. The maximum Gasteiger partial charge on any atom is 0.210 e. The summed E-state index contributed by atoms with van der Waals surface area (Å²) in [6.07, 6.45) is 0. The van der Waals surface area contributed by atoms with E-state index in [1.807, 2.05) is 31.2 Å². The van der Waals surface area contributed by atoms with E-state index in [4.69, 9.17) is 9.88 Å². The Kier molecular flexibility index (Phi) is 6.45. The van der Waals surface area contributed by atoms with Crippen LogP contribution in [0, 0.1) is 5.92 Å². The van der Waals surface area contributed by atoms with Crippen molar-refractivity contribution in [1.82, 2.24) is 5.32 Å². The number of benzene rings is 1. The molecule has 0 amide bonds. The Bertz CT molecular complexity index is 498. The first-order valence-corrected chi connectivity index (χ1v) is 8.46. The van der Waals surface area contributed by atoms with Gasteiger partial charge >= 0.3 is 0 Å². The summed E-state index contributed by atoms with van der Waals surface area (Å²) < 4.78 is 27.3. The Morgan fingerprint density at radius 3 is 2.30 bits per heavy atom. The van der Waals surface area contributed by atoms with Crippen LogP contribution >= 0.6 is 0 Å². The fourth-order valence-corrected chi connectivity index (χ4v) is 2.05. The fraction of sp³-hybridized carbons (Fsp3) is 0.571. The quantitative estimate of drug-likeness (QED) is 0.765. The fourth-order valence-electron chi connectivity index (χ4n) is 1.65. The van der Waals surface area contributed by atoms with Crippen LogP contribution in [0.2, 0.25) is 0 Å². The highest BCUT2D eigenvalue weighted by Crippen LogP contribution is 2.18. The molecule has 5 nitrogen and oxygen atoms in total. The highest BCUT2D eigenvalue weighted by molar-refractivity contribution is 7.89. The Balaban J connectivity index is 2.46. The van der Waals surface area contributed by atoms with E-state index in [0.29, 0.717) is 19.1 Å². The average molecular weight is 300 g/mol. The molecule has 6 heteroatoms. The summed E-state index contributed by atoms with van der Waals surface area (Å²) in [6, 6.07) is 7.87. The van der Waals surface area contributed by atoms with Crippen molar-refractivity contribution < 1.29 is 13.2 Å². The highest BCUT2D eigenvalue weighted by Gasteiger charge is 2.07. The molecule has 20 heavy (non-hydrogen) atoms. The van der Waals surface area contributed by atoms with Gasteiger partial charge in [0.25, 0.3) is 0 Å². The molecule has 0 fully saturated rings. The molecule has 1 atom stereocenters.